The number of nitriles is 1. The summed E-state index contributed by atoms with van der Waals surface area (Å²) < 4.78 is 5.12. The second-order valence-corrected chi connectivity index (χ2v) is 2.60. The Bertz CT molecular complexity index is 239. The molecule has 1 atom stereocenters. The van der Waals surface area contributed by atoms with Crippen molar-refractivity contribution >= 4 is 11.3 Å². The summed E-state index contributed by atoms with van der Waals surface area (Å²) in [6, 6.07) is 2.03. The van der Waals surface area contributed by atoms with E-state index in [0.29, 0.717) is 12.3 Å². The molecule has 1 aromatic heterocycles. The van der Waals surface area contributed by atoms with Crippen molar-refractivity contribution in [2.75, 3.05) is 6.61 Å². The maximum Gasteiger partial charge on any atom is 0.186 e. The van der Waals surface area contributed by atoms with Gasteiger partial charge in [-0.2, -0.15) is 5.26 Å². The summed E-state index contributed by atoms with van der Waals surface area (Å²) in [5, 5.41) is 10.4. The zero-order chi connectivity index (χ0) is 8.10. The molecule has 0 radical (unpaired) electrons. The largest absolute Gasteiger partial charge is 0.357 e. The number of thiazole rings is 1. The van der Waals surface area contributed by atoms with Crippen LogP contribution in [0.25, 0.3) is 0 Å². The lowest BCUT2D eigenvalue weighted by Crippen LogP contribution is -2.01. The fourth-order valence-electron chi connectivity index (χ4n) is 0.707. The van der Waals surface area contributed by atoms with Gasteiger partial charge in [0.05, 0.1) is 11.2 Å². The van der Waals surface area contributed by atoms with Crippen LogP contribution in [0.1, 0.15) is 18.7 Å². The third-order valence-electron chi connectivity index (χ3n) is 1.17. The number of rotatable bonds is 3. The summed E-state index contributed by atoms with van der Waals surface area (Å²) in [6.45, 7) is 2.40. The summed E-state index contributed by atoms with van der Waals surface area (Å²) in [6.07, 6.45) is -0.494. The molecule has 0 aliphatic rings. The lowest BCUT2D eigenvalue weighted by molar-refractivity contribution is 0.0994. The first kappa shape index (κ1) is 8.18. The average Bonchev–Trinajstić information content (AvgIpc) is 2.52. The first-order valence-corrected chi connectivity index (χ1v) is 4.22. The van der Waals surface area contributed by atoms with Crippen LogP contribution in [-0.4, -0.2) is 11.6 Å². The van der Waals surface area contributed by atoms with Gasteiger partial charge < -0.3 is 4.74 Å². The monoisotopic (exact) mass is 168 g/mol. The topological polar surface area (TPSA) is 45.9 Å². The van der Waals surface area contributed by atoms with E-state index in [0.717, 1.165) is 0 Å². The van der Waals surface area contributed by atoms with E-state index in [1.54, 1.807) is 5.51 Å². The highest BCUT2D eigenvalue weighted by atomic mass is 32.1. The van der Waals surface area contributed by atoms with Crippen LogP contribution in [0, 0.1) is 11.3 Å². The molecule has 0 aliphatic heterocycles. The molecule has 58 valence electrons. The minimum absolute atomic E-state index is 0.494. The van der Waals surface area contributed by atoms with Gasteiger partial charge in [0, 0.05) is 12.0 Å². The van der Waals surface area contributed by atoms with Crippen LogP contribution in [0.2, 0.25) is 0 Å². The smallest absolute Gasteiger partial charge is 0.186 e. The lowest BCUT2D eigenvalue weighted by Gasteiger charge is -2.03. The Labute approximate surface area is 69.3 Å². The van der Waals surface area contributed by atoms with Crippen molar-refractivity contribution in [1.29, 1.82) is 5.26 Å². The van der Waals surface area contributed by atoms with Gasteiger partial charge in [0.1, 0.15) is 6.07 Å². The van der Waals surface area contributed by atoms with Crippen LogP contribution in [0.4, 0.5) is 0 Å². The third-order valence-corrected chi connectivity index (χ3v) is 1.78. The normalized spacial score (nSPS) is 12.4. The zero-order valence-corrected chi connectivity index (χ0v) is 6.97. The molecule has 0 saturated carbocycles. The Balaban J connectivity index is 2.65. The Morgan fingerprint density at radius 3 is 3.18 bits per heavy atom. The highest BCUT2D eigenvalue weighted by Crippen LogP contribution is 2.15. The van der Waals surface area contributed by atoms with E-state index in [4.69, 9.17) is 10.00 Å². The van der Waals surface area contributed by atoms with Crippen LogP contribution >= 0.6 is 11.3 Å². The second-order valence-electron chi connectivity index (χ2n) is 1.88. The predicted octanol–water partition coefficient (Wildman–Crippen LogP) is 1.74. The quantitative estimate of drug-likeness (QED) is 0.690. The molecule has 4 heteroatoms. The molecule has 0 N–H and O–H groups in total. The van der Waals surface area contributed by atoms with Crippen LogP contribution in [0.15, 0.2) is 10.9 Å². The Hall–Kier alpha value is -0.920. The summed E-state index contributed by atoms with van der Waals surface area (Å²) in [4.78, 5) is 3.98. The van der Waals surface area contributed by atoms with Crippen LogP contribution in [0.5, 0.6) is 0 Å². The minimum atomic E-state index is -0.494. The fourth-order valence-corrected chi connectivity index (χ4v) is 1.27. The summed E-state index contributed by atoms with van der Waals surface area (Å²) in [7, 11) is 0. The number of nitrogens with zero attached hydrogens (tertiary/aromatic N) is 2. The summed E-state index contributed by atoms with van der Waals surface area (Å²) in [5.74, 6) is 0. The zero-order valence-electron chi connectivity index (χ0n) is 6.15. The Morgan fingerprint density at radius 2 is 2.73 bits per heavy atom. The van der Waals surface area contributed by atoms with E-state index in [2.05, 4.69) is 4.98 Å². The van der Waals surface area contributed by atoms with E-state index in [1.807, 2.05) is 18.4 Å². The average molecular weight is 168 g/mol. The lowest BCUT2D eigenvalue weighted by atomic mass is 10.3. The van der Waals surface area contributed by atoms with Crippen molar-refractivity contribution in [2.24, 2.45) is 0 Å². The first-order valence-electron chi connectivity index (χ1n) is 3.27. The van der Waals surface area contributed by atoms with Crippen LogP contribution in [-0.2, 0) is 4.74 Å². The molecule has 11 heavy (non-hydrogen) atoms. The number of hydrogen-bond donors (Lipinski definition) is 0. The Morgan fingerprint density at radius 1 is 1.91 bits per heavy atom. The second kappa shape index (κ2) is 4.06. The molecule has 1 rings (SSSR count). The fraction of sp³-hybridized carbons (Fsp3) is 0.429. The molecule has 0 aliphatic carbocycles. The molecular weight excluding hydrogens is 160 g/mol. The van der Waals surface area contributed by atoms with Gasteiger partial charge >= 0.3 is 0 Å². The van der Waals surface area contributed by atoms with Crippen molar-refractivity contribution < 1.29 is 4.74 Å². The van der Waals surface area contributed by atoms with Gasteiger partial charge in [-0.25, -0.2) is 4.98 Å². The molecule has 1 heterocycles. The molecular formula is C7H8N2OS. The van der Waals surface area contributed by atoms with E-state index in [-0.39, 0.29) is 0 Å². The molecule has 0 bridgehead atoms. The van der Waals surface area contributed by atoms with Gasteiger partial charge in [0.2, 0.25) is 0 Å². The van der Waals surface area contributed by atoms with Gasteiger partial charge in [-0.15, -0.1) is 11.3 Å². The van der Waals surface area contributed by atoms with E-state index in [9.17, 15) is 0 Å². The van der Waals surface area contributed by atoms with E-state index >= 15 is 0 Å². The SMILES string of the molecule is CCOC(C#N)c1cscn1. The third kappa shape index (κ3) is 2.00. The van der Waals surface area contributed by atoms with E-state index in [1.165, 1.54) is 11.3 Å². The van der Waals surface area contributed by atoms with Gasteiger partial charge in [-0.05, 0) is 6.92 Å². The number of ether oxygens (including phenoxy) is 1. The van der Waals surface area contributed by atoms with Crippen LogP contribution in [0.3, 0.4) is 0 Å². The Kier molecular flexibility index (Phi) is 3.02. The van der Waals surface area contributed by atoms with Gasteiger partial charge in [-0.1, -0.05) is 0 Å². The molecule has 1 unspecified atom stereocenters. The van der Waals surface area contributed by atoms with Crippen molar-refractivity contribution in [3.8, 4) is 6.07 Å². The number of hydrogen-bond acceptors (Lipinski definition) is 4. The van der Waals surface area contributed by atoms with E-state index < -0.39 is 6.10 Å². The van der Waals surface area contributed by atoms with Crippen molar-refractivity contribution in [2.45, 2.75) is 13.0 Å². The molecule has 0 fully saturated rings. The first-order chi connectivity index (χ1) is 5.38. The maximum atomic E-state index is 8.62. The van der Waals surface area contributed by atoms with Crippen molar-refractivity contribution in [3.05, 3.63) is 16.6 Å². The van der Waals surface area contributed by atoms with Crippen LogP contribution < -0.4 is 0 Å². The highest BCUT2D eigenvalue weighted by molar-refractivity contribution is 7.07. The van der Waals surface area contributed by atoms with Gasteiger partial charge in [0.25, 0.3) is 0 Å². The molecule has 0 spiro atoms. The van der Waals surface area contributed by atoms with Gasteiger partial charge in [-0.3, -0.25) is 0 Å². The minimum Gasteiger partial charge on any atom is -0.357 e. The predicted molar refractivity (Wildman–Crippen MR) is 42.1 cm³/mol. The molecule has 0 aromatic carbocycles. The molecule has 0 saturated heterocycles. The number of aromatic nitrogens is 1. The van der Waals surface area contributed by atoms with Crippen molar-refractivity contribution in [3.63, 3.8) is 0 Å². The molecule has 1 aromatic rings. The van der Waals surface area contributed by atoms with Gasteiger partial charge in [0.15, 0.2) is 6.10 Å². The van der Waals surface area contributed by atoms with Crippen molar-refractivity contribution in [1.82, 2.24) is 4.98 Å². The standard InChI is InChI=1S/C7H8N2OS/c1-2-10-7(3-8)6-4-11-5-9-6/h4-5,7H,2H2,1H3. The summed E-state index contributed by atoms with van der Waals surface area (Å²) >= 11 is 1.47. The summed E-state index contributed by atoms with van der Waals surface area (Å²) in [5.41, 5.74) is 2.40. The molecule has 0 amide bonds. The highest BCUT2D eigenvalue weighted by Gasteiger charge is 2.10. The maximum absolute atomic E-state index is 8.62. The molecule has 3 nitrogen and oxygen atoms in total.